The lowest BCUT2D eigenvalue weighted by molar-refractivity contribution is -0.114. The number of ether oxygens (including phenoxy) is 1. The Kier molecular flexibility index (Phi) is 9.90. The predicted octanol–water partition coefficient (Wildman–Crippen LogP) is 7.24. The van der Waals surface area contributed by atoms with Crippen LogP contribution in [0.5, 0.6) is 5.75 Å². The van der Waals surface area contributed by atoms with Crippen molar-refractivity contribution in [1.82, 2.24) is 10.3 Å². The van der Waals surface area contributed by atoms with E-state index in [0.717, 1.165) is 10.2 Å². The van der Waals surface area contributed by atoms with E-state index in [1.807, 2.05) is 12.1 Å². The number of amides is 3. The highest BCUT2D eigenvalue weighted by atomic mass is 35.5. The zero-order valence-corrected chi connectivity index (χ0v) is 25.5. The summed E-state index contributed by atoms with van der Waals surface area (Å²) in [6.45, 7) is 0. The Balaban J connectivity index is 1.27. The highest BCUT2D eigenvalue weighted by Gasteiger charge is 2.17. The number of thioether (sulfide) groups is 1. The minimum Gasteiger partial charge on any atom is -0.497 e. The molecule has 12 heteroatoms. The zero-order valence-electron chi connectivity index (χ0n) is 23.1. The number of halogens is 2. The molecule has 3 amide bonds. The molecule has 5 rings (SSSR count). The molecule has 0 saturated carbocycles. The van der Waals surface area contributed by atoms with E-state index in [4.69, 9.17) is 16.3 Å². The first-order valence-electron chi connectivity index (χ1n) is 13.1. The summed E-state index contributed by atoms with van der Waals surface area (Å²) in [6.07, 6.45) is 1.19. The highest BCUT2D eigenvalue weighted by Crippen LogP contribution is 2.30. The maximum Gasteiger partial charge on any atom is 0.272 e. The molecule has 1 heterocycles. The van der Waals surface area contributed by atoms with Gasteiger partial charge in [-0.3, -0.25) is 14.4 Å². The maximum absolute atomic E-state index is 14.6. The Bertz CT molecular complexity index is 1860. The molecule has 0 aliphatic carbocycles. The van der Waals surface area contributed by atoms with E-state index in [0.29, 0.717) is 27.0 Å². The monoisotopic (exact) mass is 646 g/mol. The third-order valence-corrected chi connectivity index (χ3v) is 8.38. The van der Waals surface area contributed by atoms with Gasteiger partial charge in [-0.05, 0) is 66.7 Å². The third kappa shape index (κ3) is 7.81. The van der Waals surface area contributed by atoms with Crippen molar-refractivity contribution in [3.8, 4) is 5.75 Å². The summed E-state index contributed by atoms with van der Waals surface area (Å²) in [5.74, 6) is -1.34. The minimum atomic E-state index is -0.694. The van der Waals surface area contributed by atoms with Gasteiger partial charge in [-0.1, -0.05) is 53.3 Å². The van der Waals surface area contributed by atoms with E-state index in [9.17, 15) is 18.8 Å². The summed E-state index contributed by atoms with van der Waals surface area (Å²) in [5.41, 5.74) is 1.22. The summed E-state index contributed by atoms with van der Waals surface area (Å²) in [5, 5.41) is 8.66. The molecule has 222 valence electrons. The Labute approximate surface area is 265 Å². The SMILES string of the molecule is COc1ccc2nc(NC(=O)CSc3cccc(NC(=O)/C(=C\c4c(F)cccc4Cl)NC(=O)c4ccccc4)c3)sc2c1. The molecule has 0 fully saturated rings. The summed E-state index contributed by atoms with van der Waals surface area (Å²) in [7, 11) is 1.59. The van der Waals surface area contributed by atoms with Crippen molar-refractivity contribution in [3.63, 3.8) is 0 Å². The standard InChI is InChI=1S/C32H24ClFN4O4S2/c1-42-21-13-14-26-28(16-21)44-32(37-26)38-29(39)18-43-22-10-5-9-20(15-22)35-31(41)27(17-23-24(33)11-6-12-25(23)34)36-30(40)19-7-3-2-4-8-19/h2-17H,18H2,1H3,(H,35,41)(H,36,40)(H,37,38,39)/b27-17+. The first-order valence-corrected chi connectivity index (χ1v) is 15.3. The average molecular weight is 647 g/mol. The summed E-state index contributed by atoms with van der Waals surface area (Å²) < 4.78 is 20.7. The number of methoxy groups -OCH3 is 1. The van der Waals surface area contributed by atoms with Crippen LogP contribution in [0.3, 0.4) is 0 Å². The number of fused-ring (bicyclic) bond motifs is 1. The lowest BCUT2D eigenvalue weighted by Gasteiger charge is -2.13. The molecule has 0 aliphatic heterocycles. The number of hydrogen-bond acceptors (Lipinski definition) is 7. The quantitative estimate of drug-likeness (QED) is 0.109. The van der Waals surface area contributed by atoms with Gasteiger partial charge in [0.25, 0.3) is 11.8 Å². The summed E-state index contributed by atoms with van der Waals surface area (Å²) >= 11 is 8.80. The zero-order chi connectivity index (χ0) is 31.1. The van der Waals surface area contributed by atoms with Crippen molar-refractivity contribution in [1.29, 1.82) is 0 Å². The number of rotatable bonds is 10. The minimum absolute atomic E-state index is 0.0461. The lowest BCUT2D eigenvalue weighted by Crippen LogP contribution is -2.30. The van der Waals surface area contributed by atoms with Gasteiger partial charge in [0.1, 0.15) is 17.3 Å². The number of aromatic nitrogens is 1. The number of carbonyl (C=O) groups is 3. The molecule has 0 radical (unpaired) electrons. The summed E-state index contributed by atoms with van der Waals surface area (Å²) in [4.78, 5) is 44.0. The van der Waals surface area contributed by atoms with E-state index < -0.39 is 17.6 Å². The largest absolute Gasteiger partial charge is 0.497 e. The second-order valence-corrected chi connectivity index (χ2v) is 11.7. The maximum atomic E-state index is 14.6. The number of benzene rings is 4. The fourth-order valence-electron chi connectivity index (χ4n) is 3.99. The molecule has 4 aromatic carbocycles. The van der Waals surface area contributed by atoms with Gasteiger partial charge in [0.15, 0.2) is 5.13 Å². The predicted molar refractivity (Wildman–Crippen MR) is 174 cm³/mol. The first kappa shape index (κ1) is 30.7. The average Bonchev–Trinajstić information content (AvgIpc) is 3.43. The van der Waals surface area contributed by atoms with Gasteiger partial charge in [0, 0.05) is 21.7 Å². The number of nitrogens with one attached hydrogen (secondary N) is 3. The molecular formula is C32H24ClFN4O4S2. The number of carbonyl (C=O) groups excluding carboxylic acids is 3. The Morgan fingerprint density at radius 2 is 1.77 bits per heavy atom. The highest BCUT2D eigenvalue weighted by molar-refractivity contribution is 8.00. The molecule has 3 N–H and O–H groups in total. The van der Waals surface area contributed by atoms with Gasteiger partial charge in [-0.2, -0.15) is 0 Å². The van der Waals surface area contributed by atoms with Crippen LogP contribution in [-0.2, 0) is 9.59 Å². The van der Waals surface area contributed by atoms with Crippen LogP contribution in [0.1, 0.15) is 15.9 Å². The van der Waals surface area contributed by atoms with Crippen LogP contribution < -0.4 is 20.7 Å². The molecule has 44 heavy (non-hydrogen) atoms. The molecule has 0 saturated heterocycles. The molecule has 0 spiro atoms. The smallest absolute Gasteiger partial charge is 0.272 e. The van der Waals surface area contributed by atoms with Crippen LogP contribution >= 0.6 is 34.7 Å². The van der Waals surface area contributed by atoms with Gasteiger partial charge in [0.2, 0.25) is 5.91 Å². The summed E-state index contributed by atoms with van der Waals surface area (Å²) in [6, 6.07) is 24.8. The van der Waals surface area contributed by atoms with E-state index in [2.05, 4.69) is 20.9 Å². The van der Waals surface area contributed by atoms with Crippen molar-refractivity contribution in [2.45, 2.75) is 4.90 Å². The van der Waals surface area contributed by atoms with Gasteiger partial charge in [0.05, 0.1) is 28.1 Å². The molecular weight excluding hydrogens is 623 g/mol. The molecule has 0 atom stereocenters. The molecule has 8 nitrogen and oxygen atoms in total. The normalized spacial score (nSPS) is 11.2. The Hall–Kier alpha value is -4.71. The molecule has 5 aromatic rings. The van der Waals surface area contributed by atoms with Crippen molar-refractivity contribution in [2.75, 3.05) is 23.5 Å². The van der Waals surface area contributed by atoms with Crippen LogP contribution in [0, 0.1) is 5.82 Å². The van der Waals surface area contributed by atoms with Crippen LogP contribution in [0.15, 0.2) is 102 Å². The molecule has 0 bridgehead atoms. The second kappa shape index (κ2) is 14.2. The fourth-order valence-corrected chi connectivity index (χ4v) is 5.87. The van der Waals surface area contributed by atoms with Crippen molar-refractivity contribution in [3.05, 3.63) is 119 Å². The van der Waals surface area contributed by atoms with Crippen LogP contribution in [0.4, 0.5) is 15.2 Å². The lowest BCUT2D eigenvalue weighted by atomic mass is 10.1. The van der Waals surface area contributed by atoms with E-state index in [1.54, 1.807) is 67.8 Å². The van der Waals surface area contributed by atoms with Gasteiger partial charge in [-0.15, -0.1) is 11.8 Å². The topological polar surface area (TPSA) is 109 Å². The molecule has 0 aliphatic rings. The molecule has 0 unspecified atom stereocenters. The van der Waals surface area contributed by atoms with E-state index in [-0.39, 0.29) is 27.9 Å². The van der Waals surface area contributed by atoms with Crippen LogP contribution in [0.2, 0.25) is 5.02 Å². The van der Waals surface area contributed by atoms with Crippen LogP contribution in [0.25, 0.3) is 16.3 Å². The molecule has 1 aromatic heterocycles. The van der Waals surface area contributed by atoms with Gasteiger partial charge in [-0.25, -0.2) is 9.37 Å². The Morgan fingerprint density at radius 3 is 2.55 bits per heavy atom. The first-order chi connectivity index (χ1) is 21.3. The number of anilines is 2. The van der Waals surface area contributed by atoms with Crippen molar-refractivity contribution >= 4 is 79.5 Å². The third-order valence-electron chi connectivity index (χ3n) is 6.12. The Morgan fingerprint density at radius 1 is 0.977 bits per heavy atom. The fraction of sp³-hybridized carbons (Fsp3) is 0.0625. The van der Waals surface area contributed by atoms with E-state index >= 15 is 0 Å². The number of nitrogens with zero attached hydrogens (tertiary/aromatic N) is 1. The van der Waals surface area contributed by atoms with Crippen molar-refractivity contribution < 1.29 is 23.5 Å². The van der Waals surface area contributed by atoms with Gasteiger partial charge < -0.3 is 20.7 Å². The van der Waals surface area contributed by atoms with E-state index in [1.165, 1.54) is 47.4 Å². The van der Waals surface area contributed by atoms with Crippen molar-refractivity contribution in [2.24, 2.45) is 0 Å². The van der Waals surface area contributed by atoms with Gasteiger partial charge >= 0.3 is 0 Å². The van der Waals surface area contributed by atoms with Crippen LogP contribution in [-0.4, -0.2) is 35.6 Å². The number of thiazole rings is 1. The second-order valence-electron chi connectivity index (χ2n) is 9.18. The number of hydrogen-bond donors (Lipinski definition) is 3.